The molecular formula is C12H27N. The van der Waals surface area contributed by atoms with E-state index in [1.807, 2.05) is 0 Å². The summed E-state index contributed by atoms with van der Waals surface area (Å²) in [7, 11) is 2.24. The molecular weight excluding hydrogens is 158 g/mol. The molecule has 0 aromatic rings. The summed E-state index contributed by atoms with van der Waals surface area (Å²) >= 11 is 0. The molecule has 0 heterocycles. The summed E-state index contributed by atoms with van der Waals surface area (Å²) in [6, 6.07) is 0. The molecule has 13 heavy (non-hydrogen) atoms. The third kappa shape index (κ3) is 5.30. The molecule has 1 aliphatic rings. The first-order valence-corrected chi connectivity index (χ1v) is 5.51. The molecule has 80 valence electrons. The third-order valence-electron chi connectivity index (χ3n) is 3.08. The molecule has 0 aromatic heterocycles. The van der Waals surface area contributed by atoms with Gasteiger partial charge >= 0.3 is 0 Å². The maximum absolute atomic E-state index is 2.45. The molecule has 0 unspecified atom stereocenters. The van der Waals surface area contributed by atoms with Gasteiger partial charge in [0.1, 0.15) is 0 Å². The van der Waals surface area contributed by atoms with Gasteiger partial charge in [-0.2, -0.15) is 0 Å². The topological polar surface area (TPSA) is 3.24 Å². The Kier molecular flexibility index (Phi) is 7.35. The Hall–Kier alpha value is -0.0400. The highest BCUT2D eigenvalue weighted by Gasteiger charge is 2.12. The molecule has 0 aliphatic heterocycles. The van der Waals surface area contributed by atoms with Crippen molar-refractivity contribution in [2.75, 3.05) is 20.1 Å². The Labute approximate surface area is 84.5 Å². The average Bonchev–Trinajstić information content (AvgIpc) is 2.33. The Morgan fingerprint density at radius 3 is 2.08 bits per heavy atom. The molecule has 0 atom stereocenters. The lowest BCUT2D eigenvalue weighted by Gasteiger charge is -2.21. The van der Waals surface area contributed by atoms with E-state index in [1.165, 1.54) is 51.6 Å². The first kappa shape index (κ1) is 13.0. The van der Waals surface area contributed by atoms with Crippen molar-refractivity contribution in [3.05, 3.63) is 0 Å². The van der Waals surface area contributed by atoms with E-state index in [-0.39, 0.29) is 7.43 Å². The van der Waals surface area contributed by atoms with Crippen molar-refractivity contribution in [2.24, 2.45) is 5.92 Å². The second-order valence-electron chi connectivity index (χ2n) is 4.21. The summed E-state index contributed by atoms with van der Waals surface area (Å²) < 4.78 is 0. The van der Waals surface area contributed by atoms with Crippen molar-refractivity contribution in [1.29, 1.82) is 0 Å². The van der Waals surface area contributed by atoms with Crippen molar-refractivity contribution >= 4 is 0 Å². The summed E-state index contributed by atoms with van der Waals surface area (Å²) in [5.41, 5.74) is 0. The monoisotopic (exact) mass is 185 g/mol. The van der Waals surface area contributed by atoms with Crippen LogP contribution in [0.15, 0.2) is 0 Å². The van der Waals surface area contributed by atoms with E-state index in [4.69, 9.17) is 0 Å². The third-order valence-corrected chi connectivity index (χ3v) is 3.08. The van der Waals surface area contributed by atoms with Crippen molar-refractivity contribution < 1.29 is 0 Å². The van der Waals surface area contributed by atoms with Crippen LogP contribution in [0.1, 0.15) is 52.9 Å². The van der Waals surface area contributed by atoms with Crippen LogP contribution in [0, 0.1) is 5.92 Å². The van der Waals surface area contributed by atoms with Crippen LogP contribution in [0.2, 0.25) is 0 Å². The van der Waals surface area contributed by atoms with Gasteiger partial charge in [0, 0.05) is 6.54 Å². The van der Waals surface area contributed by atoms with E-state index in [0.29, 0.717) is 0 Å². The molecule has 0 radical (unpaired) electrons. The maximum Gasteiger partial charge on any atom is 0.000649 e. The molecule has 0 N–H and O–H groups in total. The van der Waals surface area contributed by atoms with E-state index in [9.17, 15) is 0 Å². The molecule has 1 saturated carbocycles. The van der Waals surface area contributed by atoms with E-state index >= 15 is 0 Å². The van der Waals surface area contributed by atoms with Gasteiger partial charge in [0.15, 0.2) is 0 Å². The van der Waals surface area contributed by atoms with Crippen LogP contribution in [0.4, 0.5) is 0 Å². The zero-order valence-electron chi connectivity index (χ0n) is 8.68. The lowest BCUT2D eigenvalue weighted by atomic mass is 10.00. The fourth-order valence-corrected chi connectivity index (χ4v) is 2.12. The number of hydrogen-bond acceptors (Lipinski definition) is 1. The second kappa shape index (κ2) is 7.37. The van der Waals surface area contributed by atoms with Gasteiger partial charge in [-0.05, 0) is 32.4 Å². The molecule has 0 spiro atoms. The molecule has 1 nitrogen and oxygen atoms in total. The minimum absolute atomic E-state index is 0. The van der Waals surface area contributed by atoms with E-state index in [2.05, 4.69) is 18.9 Å². The fraction of sp³-hybridized carbons (Fsp3) is 1.00. The Morgan fingerprint density at radius 1 is 1.08 bits per heavy atom. The maximum atomic E-state index is 2.45. The lowest BCUT2D eigenvalue weighted by molar-refractivity contribution is 0.271. The molecule has 0 aromatic carbocycles. The summed E-state index contributed by atoms with van der Waals surface area (Å²) in [5.74, 6) is 0.998. The van der Waals surface area contributed by atoms with Crippen LogP contribution in [0.25, 0.3) is 0 Å². The molecule has 1 fully saturated rings. The largest absolute Gasteiger partial charge is 0.306 e. The highest BCUT2D eigenvalue weighted by molar-refractivity contribution is 4.67. The van der Waals surface area contributed by atoms with Gasteiger partial charge in [-0.15, -0.1) is 0 Å². The first-order valence-electron chi connectivity index (χ1n) is 5.51. The Balaban J connectivity index is 0.00000144. The zero-order chi connectivity index (χ0) is 8.81. The van der Waals surface area contributed by atoms with E-state index in [1.54, 1.807) is 0 Å². The predicted molar refractivity (Wildman–Crippen MR) is 61.1 cm³/mol. The van der Waals surface area contributed by atoms with Gasteiger partial charge in [0.2, 0.25) is 0 Å². The van der Waals surface area contributed by atoms with Crippen molar-refractivity contribution in [3.63, 3.8) is 0 Å². The molecule has 1 rings (SSSR count). The first-order chi connectivity index (χ1) is 5.83. The number of rotatable bonds is 3. The van der Waals surface area contributed by atoms with Crippen molar-refractivity contribution in [3.8, 4) is 0 Å². The fourth-order valence-electron chi connectivity index (χ4n) is 2.12. The van der Waals surface area contributed by atoms with Gasteiger partial charge in [-0.1, -0.05) is 40.0 Å². The average molecular weight is 185 g/mol. The minimum Gasteiger partial charge on any atom is -0.306 e. The number of nitrogens with zero attached hydrogens (tertiary/aromatic N) is 1. The quantitative estimate of drug-likeness (QED) is 0.608. The van der Waals surface area contributed by atoms with Crippen LogP contribution in [0.3, 0.4) is 0 Å². The summed E-state index contributed by atoms with van der Waals surface area (Å²) in [6.45, 7) is 4.78. The SMILES string of the molecule is C.CCN(C)CC1CCCCCC1. The molecule has 1 aliphatic carbocycles. The minimum atomic E-state index is 0. The van der Waals surface area contributed by atoms with E-state index < -0.39 is 0 Å². The van der Waals surface area contributed by atoms with Crippen molar-refractivity contribution in [1.82, 2.24) is 4.90 Å². The molecule has 0 saturated heterocycles. The second-order valence-corrected chi connectivity index (χ2v) is 4.21. The smallest absolute Gasteiger partial charge is 0.000649 e. The van der Waals surface area contributed by atoms with Gasteiger partial charge in [0.05, 0.1) is 0 Å². The molecule has 0 amide bonds. The zero-order valence-corrected chi connectivity index (χ0v) is 8.68. The predicted octanol–water partition coefficient (Wildman–Crippen LogP) is 3.54. The van der Waals surface area contributed by atoms with E-state index in [0.717, 1.165) is 5.92 Å². The number of hydrogen-bond donors (Lipinski definition) is 0. The highest BCUT2D eigenvalue weighted by atomic mass is 15.1. The van der Waals surface area contributed by atoms with Crippen LogP contribution >= 0.6 is 0 Å². The van der Waals surface area contributed by atoms with Gasteiger partial charge < -0.3 is 4.90 Å². The highest BCUT2D eigenvalue weighted by Crippen LogP contribution is 2.23. The summed E-state index contributed by atoms with van der Waals surface area (Å²) in [6.07, 6.45) is 8.86. The van der Waals surface area contributed by atoms with Crippen LogP contribution < -0.4 is 0 Å². The lowest BCUT2D eigenvalue weighted by Crippen LogP contribution is -2.25. The normalized spacial score (nSPS) is 19.6. The van der Waals surface area contributed by atoms with Crippen LogP contribution in [0.5, 0.6) is 0 Å². The van der Waals surface area contributed by atoms with Gasteiger partial charge in [-0.3, -0.25) is 0 Å². The van der Waals surface area contributed by atoms with Crippen molar-refractivity contribution in [2.45, 2.75) is 52.9 Å². The summed E-state index contributed by atoms with van der Waals surface area (Å²) in [4.78, 5) is 2.45. The van der Waals surface area contributed by atoms with Crippen LogP contribution in [-0.2, 0) is 0 Å². The van der Waals surface area contributed by atoms with Gasteiger partial charge in [-0.25, -0.2) is 0 Å². The molecule has 1 heteroatoms. The van der Waals surface area contributed by atoms with Crippen LogP contribution in [-0.4, -0.2) is 25.0 Å². The summed E-state index contributed by atoms with van der Waals surface area (Å²) in [5, 5.41) is 0. The van der Waals surface area contributed by atoms with Gasteiger partial charge in [0.25, 0.3) is 0 Å². The molecule has 0 bridgehead atoms. The Morgan fingerprint density at radius 2 is 1.62 bits per heavy atom. The standard InChI is InChI=1S/C11H23N.CH4/c1-3-12(2)10-11-8-6-4-5-7-9-11;/h11H,3-10H2,1-2H3;1H4. The Bertz CT molecular complexity index is 104.